The standard InChI is InChI=1S/C14H21N3O2/c1-10(18)17-12-7-5-11(6-8-12)9-16-13(19)14(2,3)15-4/h5-8,15H,9H2,1-4H3,(H,16,19)(H,17,18). The van der Waals surface area contributed by atoms with Gasteiger partial charge in [-0.05, 0) is 38.6 Å². The Hall–Kier alpha value is -1.88. The number of likely N-dealkylation sites (N-methyl/N-ethyl adjacent to an activating group) is 1. The van der Waals surface area contributed by atoms with Crippen LogP contribution in [0, 0.1) is 0 Å². The predicted molar refractivity (Wildman–Crippen MR) is 75.7 cm³/mol. The summed E-state index contributed by atoms with van der Waals surface area (Å²) in [6.07, 6.45) is 0. The van der Waals surface area contributed by atoms with E-state index in [-0.39, 0.29) is 11.8 Å². The van der Waals surface area contributed by atoms with Crippen LogP contribution in [0.1, 0.15) is 26.3 Å². The minimum absolute atomic E-state index is 0.0547. The lowest BCUT2D eigenvalue weighted by Gasteiger charge is -2.22. The fourth-order valence-corrected chi connectivity index (χ4v) is 1.43. The Kier molecular flexibility index (Phi) is 5.06. The molecule has 5 heteroatoms. The van der Waals surface area contributed by atoms with Crippen LogP contribution in [0.25, 0.3) is 0 Å². The van der Waals surface area contributed by atoms with Gasteiger partial charge in [-0.2, -0.15) is 0 Å². The number of carbonyl (C=O) groups is 2. The second-order valence-electron chi connectivity index (χ2n) is 4.94. The average Bonchev–Trinajstić information content (AvgIpc) is 2.36. The van der Waals surface area contributed by atoms with Gasteiger partial charge in [0.05, 0.1) is 5.54 Å². The van der Waals surface area contributed by atoms with Gasteiger partial charge in [0.15, 0.2) is 0 Å². The summed E-state index contributed by atoms with van der Waals surface area (Å²) >= 11 is 0. The lowest BCUT2D eigenvalue weighted by molar-refractivity contribution is -0.126. The van der Waals surface area contributed by atoms with Crippen molar-refractivity contribution in [2.24, 2.45) is 0 Å². The van der Waals surface area contributed by atoms with Crippen LogP contribution in [0.4, 0.5) is 5.69 Å². The van der Waals surface area contributed by atoms with Crippen molar-refractivity contribution >= 4 is 17.5 Å². The van der Waals surface area contributed by atoms with Crippen LogP contribution < -0.4 is 16.0 Å². The van der Waals surface area contributed by atoms with Crippen molar-refractivity contribution in [3.63, 3.8) is 0 Å². The van der Waals surface area contributed by atoms with Crippen LogP contribution in [0.15, 0.2) is 24.3 Å². The first-order valence-electron chi connectivity index (χ1n) is 6.19. The molecule has 5 nitrogen and oxygen atoms in total. The molecule has 0 aliphatic rings. The number of benzene rings is 1. The molecule has 2 amide bonds. The van der Waals surface area contributed by atoms with Crippen molar-refractivity contribution in [3.05, 3.63) is 29.8 Å². The van der Waals surface area contributed by atoms with Gasteiger partial charge < -0.3 is 16.0 Å². The van der Waals surface area contributed by atoms with Crippen molar-refractivity contribution in [3.8, 4) is 0 Å². The smallest absolute Gasteiger partial charge is 0.239 e. The zero-order valence-corrected chi connectivity index (χ0v) is 11.8. The second-order valence-corrected chi connectivity index (χ2v) is 4.94. The Morgan fingerprint density at radius 1 is 1.16 bits per heavy atom. The highest BCUT2D eigenvalue weighted by atomic mass is 16.2. The van der Waals surface area contributed by atoms with E-state index < -0.39 is 5.54 Å². The molecule has 1 rings (SSSR count). The van der Waals surface area contributed by atoms with E-state index in [4.69, 9.17) is 0 Å². The van der Waals surface area contributed by atoms with E-state index >= 15 is 0 Å². The SMILES string of the molecule is CNC(C)(C)C(=O)NCc1ccc(NC(C)=O)cc1. The lowest BCUT2D eigenvalue weighted by Crippen LogP contribution is -2.50. The van der Waals surface area contributed by atoms with E-state index in [1.807, 2.05) is 38.1 Å². The minimum Gasteiger partial charge on any atom is -0.350 e. The molecular weight excluding hydrogens is 242 g/mol. The summed E-state index contributed by atoms with van der Waals surface area (Å²) in [6.45, 7) is 5.57. The summed E-state index contributed by atoms with van der Waals surface area (Å²) in [5, 5.41) is 8.50. The molecule has 0 atom stereocenters. The van der Waals surface area contributed by atoms with Crippen molar-refractivity contribution in [2.45, 2.75) is 32.9 Å². The summed E-state index contributed by atoms with van der Waals surface area (Å²) in [7, 11) is 1.75. The summed E-state index contributed by atoms with van der Waals surface area (Å²) < 4.78 is 0. The number of amides is 2. The van der Waals surface area contributed by atoms with Crippen LogP contribution in [-0.2, 0) is 16.1 Å². The summed E-state index contributed by atoms with van der Waals surface area (Å²) in [5.41, 5.74) is 1.14. The van der Waals surface area contributed by atoms with E-state index in [0.29, 0.717) is 6.54 Å². The molecule has 3 N–H and O–H groups in total. The Balaban J connectivity index is 2.55. The van der Waals surface area contributed by atoms with E-state index in [1.54, 1.807) is 7.05 Å². The summed E-state index contributed by atoms with van der Waals surface area (Å²) in [5.74, 6) is -0.155. The van der Waals surface area contributed by atoms with Crippen molar-refractivity contribution in [2.75, 3.05) is 12.4 Å². The molecule has 0 radical (unpaired) electrons. The molecule has 0 aliphatic carbocycles. The zero-order chi connectivity index (χ0) is 14.5. The Morgan fingerprint density at radius 3 is 2.21 bits per heavy atom. The number of anilines is 1. The van der Waals surface area contributed by atoms with Crippen molar-refractivity contribution < 1.29 is 9.59 Å². The van der Waals surface area contributed by atoms with E-state index in [1.165, 1.54) is 6.92 Å². The number of hydrogen-bond acceptors (Lipinski definition) is 3. The fourth-order valence-electron chi connectivity index (χ4n) is 1.43. The normalized spacial score (nSPS) is 10.9. The first-order chi connectivity index (χ1) is 8.85. The van der Waals surface area contributed by atoms with Gasteiger partial charge in [-0.3, -0.25) is 9.59 Å². The van der Waals surface area contributed by atoms with Crippen LogP contribution >= 0.6 is 0 Å². The van der Waals surface area contributed by atoms with Gasteiger partial charge in [0, 0.05) is 19.2 Å². The quantitative estimate of drug-likeness (QED) is 0.749. The minimum atomic E-state index is -0.587. The number of nitrogens with one attached hydrogen (secondary N) is 3. The molecular formula is C14H21N3O2. The Morgan fingerprint density at radius 2 is 1.74 bits per heavy atom. The Bertz CT molecular complexity index is 452. The average molecular weight is 263 g/mol. The highest BCUT2D eigenvalue weighted by Gasteiger charge is 2.24. The molecule has 0 bridgehead atoms. The summed E-state index contributed by atoms with van der Waals surface area (Å²) in [6, 6.07) is 7.37. The molecule has 0 spiro atoms. The van der Waals surface area contributed by atoms with Crippen LogP contribution in [-0.4, -0.2) is 24.4 Å². The molecule has 0 saturated heterocycles. The number of carbonyl (C=O) groups excluding carboxylic acids is 2. The van der Waals surface area contributed by atoms with Crippen molar-refractivity contribution in [1.29, 1.82) is 0 Å². The molecule has 0 aromatic heterocycles. The second kappa shape index (κ2) is 6.33. The number of hydrogen-bond donors (Lipinski definition) is 3. The van der Waals surface area contributed by atoms with Crippen molar-refractivity contribution in [1.82, 2.24) is 10.6 Å². The topological polar surface area (TPSA) is 70.2 Å². The van der Waals surface area contributed by atoms with E-state index in [9.17, 15) is 9.59 Å². The summed E-state index contributed by atoms with van der Waals surface area (Å²) in [4.78, 5) is 22.7. The van der Waals surface area contributed by atoms with Gasteiger partial charge in [-0.25, -0.2) is 0 Å². The molecule has 0 fully saturated rings. The highest BCUT2D eigenvalue weighted by molar-refractivity contribution is 5.88. The van der Waals surface area contributed by atoms with Gasteiger partial charge in [-0.1, -0.05) is 12.1 Å². The molecule has 1 aromatic carbocycles. The molecule has 19 heavy (non-hydrogen) atoms. The van der Waals surface area contributed by atoms with Gasteiger partial charge in [0.1, 0.15) is 0 Å². The first kappa shape index (κ1) is 15.2. The Labute approximate surface area is 113 Å². The largest absolute Gasteiger partial charge is 0.350 e. The van der Waals surface area contributed by atoms with E-state index in [0.717, 1.165) is 11.3 Å². The first-order valence-corrected chi connectivity index (χ1v) is 6.19. The molecule has 104 valence electrons. The van der Waals surface area contributed by atoms with Gasteiger partial charge in [0.2, 0.25) is 11.8 Å². The predicted octanol–water partition coefficient (Wildman–Crippen LogP) is 1.26. The van der Waals surface area contributed by atoms with Gasteiger partial charge in [0.25, 0.3) is 0 Å². The molecule has 0 unspecified atom stereocenters. The molecule has 1 aromatic rings. The lowest BCUT2D eigenvalue weighted by atomic mass is 10.1. The monoisotopic (exact) mass is 263 g/mol. The van der Waals surface area contributed by atoms with Crippen LogP contribution in [0.2, 0.25) is 0 Å². The third-order valence-corrected chi connectivity index (χ3v) is 2.92. The third-order valence-electron chi connectivity index (χ3n) is 2.92. The third kappa shape index (κ3) is 4.71. The zero-order valence-electron chi connectivity index (χ0n) is 11.8. The molecule has 0 aliphatic heterocycles. The fraction of sp³-hybridized carbons (Fsp3) is 0.429. The molecule has 0 saturated carbocycles. The highest BCUT2D eigenvalue weighted by Crippen LogP contribution is 2.09. The van der Waals surface area contributed by atoms with E-state index in [2.05, 4.69) is 16.0 Å². The van der Waals surface area contributed by atoms with Gasteiger partial charge >= 0.3 is 0 Å². The number of rotatable bonds is 5. The maximum atomic E-state index is 11.9. The van der Waals surface area contributed by atoms with Gasteiger partial charge in [-0.15, -0.1) is 0 Å². The maximum Gasteiger partial charge on any atom is 0.239 e. The van der Waals surface area contributed by atoms with Crippen LogP contribution in [0.3, 0.4) is 0 Å². The molecule has 0 heterocycles. The van der Waals surface area contributed by atoms with Crippen LogP contribution in [0.5, 0.6) is 0 Å². The maximum absolute atomic E-state index is 11.9.